The van der Waals surface area contributed by atoms with Crippen molar-refractivity contribution in [2.24, 2.45) is 5.73 Å². The summed E-state index contributed by atoms with van der Waals surface area (Å²) in [5.41, 5.74) is 7.42. The molecule has 0 heterocycles. The zero-order valence-electron chi connectivity index (χ0n) is 16.1. The van der Waals surface area contributed by atoms with Crippen LogP contribution in [0.1, 0.15) is 31.9 Å². The van der Waals surface area contributed by atoms with Crippen molar-refractivity contribution in [3.8, 4) is 0 Å². The number of benzene rings is 2. The van der Waals surface area contributed by atoms with Crippen LogP contribution < -0.4 is 11.1 Å². The van der Waals surface area contributed by atoms with Gasteiger partial charge in [-0.1, -0.05) is 56.1 Å². The average molecular weight is 500 g/mol. The van der Waals surface area contributed by atoms with Crippen molar-refractivity contribution in [1.82, 2.24) is 5.32 Å². The van der Waals surface area contributed by atoms with Gasteiger partial charge in [0.1, 0.15) is 5.60 Å². The Balaban J connectivity index is 0.000000309. The quantitative estimate of drug-likeness (QED) is 0.573. The Morgan fingerprint density at radius 2 is 1.52 bits per heavy atom. The first-order valence-corrected chi connectivity index (χ1v) is 10.4. The average Bonchev–Trinajstić information content (AvgIpc) is 2.54. The lowest BCUT2D eigenvalue weighted by molar-refractivity contribution is 0.0528. The van der Waals surface area contributed by atoms with Crippen LogP contribution in [0.5, 0.6) is 0 Å². The lowest BCUT2D eigenvalue weighted by Gasteiger charge is -2.19. The molecule has 0 bridgehead atoms. The Morgan fingerprint density at radius 3 is 1.96 bits per heavy atom. The number of carbonyl (C=O) groups is 1. The fourth-order valence-corrected chi connectivity index (χ4v) is 3.07. The van der Waals surface area contributed by atoms with Gasteiger partial charge in [-0.05, 0) is 75.5 Å². The monoisotopic (exact) mass is 498 g/mol. The van der Waals surface area contributed by atoms with Crippen molar-refractivity contribution < 1.29 is 9.53 Å². The van der Waals surface area contributed by atoms with Gasteiger partial charge in [0.2, 0.25) is 0 Å². The normalized spacial score (nSPS) is 10.6. The van der Waals surface area contributed by atoms with Crippen molar-refractivity contribution in [1.29, 1.82) is 0 Å². The van der Waals surface area contributed by atoms with Crippen LogP contribution in [-0.2, 0) is 17.6 Å². The third-order valence-corrected chi connectivity index (χ3v) is 4.28. The molecule has 2 aromatic rings. The number of ether oxygens (including phenoxy) is 1. The highest BCUT2D eigenvalue weighted by atomic mass is 79.9. The number of rotatable bonds is 5. The Bertz CT molecular complexity index is 715. The molecule has 0 aliphatic heterocycles. The summed E-state index contributed by atoms with van der Waals surface area (Å²) in [5, 5.41) is 2.73. The Hall–Kier alpha value is -1.37. The molecule has 4 nitrogen and oxygen atoms in total. The molecule has 0 aliphatic carbocycles. The van der Waals surface area contributed by atoms with Gasteiger partial charge in [-0.15, -0.1) is 0 Å². The first kappa shape index (κ1) is 23.7. The number of alkyl carbamates (subject to hydrolysis) is 1. The molecule has 0 aromatic heterocycles. The minimum atomic E-state index is -0.445. The van der Waals surface area contributed by atoms with E-state index < -0.39 is 5.60 Å². The van der Waals surface area contributed by atoms with E-state index in [0.29, 0.717) is 6.54 Å². The van der Waals surface area contributed by atoms with E-state index in [-0.39, 0.29) is 6.09 Å². The van der Waals surface area contributed by atoms with Crippen LogP contribution in [0.4, 0.5) is 4.79 Å². The first-order valence-electron chi connectivity index (χ1n) is 8.85. The molecule has 1 amide bonds. The molecule has 3 N–H and O–H groups in total. The fraction of sp³-hybridized carbons (Fsp3) is 0.381. The maximum absolute atomic E-state index is 11.4. The predicted octanol–water partition coefficient (Wildman–Crippen LogP) is 5.47. The molecule has 0 spiro atoms. The SMILES string of the molecule is CC(C)(C)OC(=O)NCCc1cccc(Br)c1.NCCc1cccc(Br)c1. The van der Waals surface area contributed by atoms with Gasteiger partial charge in [0.25, 0.3) is 0 Å². The summed E-state index contributed by atoms with van der Waals surface area (Å²) >= 11 is 6.80. The molecule has 0 atom stereocenters. The van der Waals surface area contributed by atoms with E-state index in [0.717, 1.165) is 28.3 Å². The lowest BCUT2D eigenvalue weighted by Crippen LogP contribution is -2.33. The van der Waals surface area contributed by atoms with Crippen LogP contribution in [0.3, 0.4) is 0 Å². The van der Waals surface area contributed by atoms with Crippen molar-refractivity contribution in [3.63, 3.8) is 0 Å². The largest absolute Gasteiger partial charge is 0.444 e. The molecule has 2 rings (SSSR count). The molecule has 0 aliphatic rings. The van der Waals surface area contributed by atoms with Crippen LogP contribution in [0.2, 0.25) is 0 Å². The van der Waals surface area contributed by atoms with Gasteiger partial charge in [0.15, 0.2) is 0 Å². The topological polar surface area (TPSA) is 64.3 Å². The minimum absolute atomic E-state index is 0.368. The van der Waals surface area contributed by atoms with E-state index in [2.05, 4.69) is 49.3 Å². The second-order valence-electron chi connectivity index (χ2n) is 6.98. The summed E-state index contributed by atoms with van der Waals surface area (Å²) in [4.78, 5) is 11.4. The van der Waals surface area contributed by atoms with Gasteiger partial charge < -0.3 is 15.8 Å². The molecule has 148 valence electrons. The second kappa shape index (κ2) is 12.2. The van der Waals surface area contributed by atoms with Crippen LogP contribution >= 0.6 is 31.9 Å². The Labute approximate surface area is 179 Å². The van der Waals surface area contributed by atoms with E-state index in [1.165, 1.54) is 11.1 Å². The number of nitrogens with two attached hydrogens (primary N) is 1. The molecule has 0 saturated carbocycles. The molecule has 0 unspecified atom stereocenters. The van der Waals surface area contributed by atoms with Gasteiger partial charge >= 0.3 is 6.09 Å². The van der Waals surface area contributed by atoms with E-state index >= 15 is 0 Å². The van der Waals surface area contributed by atoms with Crippen LogP contribution in [0, 0.1) is 0 Å². The number of hydrogen-bond acceptors (Lipinski definition) is 3. The van der Waals surface area contributed by atoms with Gasteiger partial charge in [0.05, 0.1) is 0 Å². The van der Waals surface area contributed by atoms with E-state index in [4.69, 9.17) is 10.5 Å². The molecular weight excluding hydrogens is 472 g/mol. The van der Waals surface area contributed by atoms with Crippen LogP contribution in [0.25, 0.3) is 0 Å². The van der Waals surface area contributed by atoms with Crippen LogP contribution in [0.15, 0.2) is 57.5 Å². The maximum atomic E-state index is 11.4. The number of halogens is 2. The highest BCUT2D eigenvalue weighted by Crippen LogP contribution is 2.12. The van der Waals surface area contributed by atoms with E-state index in [1.54, 1.807) is 0 Å². The number of amides is 1. The number of nitrogens with one attached hydrogen (secondary N) is 1. The molecule has 27 heavy (non-hydrogen) atoms. The van der Waals surface area contributed by atoms with Gasteiger partial charge in [-0.3, -0.25) is 0 Å². The first-order chi connectivity index (χ1) is 12.7. The van der Waals surface area contributed by atoms with Crippen molar-refractivity contribution in [3.05, 3.63) is 68.6 Å². The van der Waals surface area contributed by atoms with Gasteiger partial charge in [-0.25, -0.2) is 4.79 Å². The van der Waals surface area contributed by atoms with E-state index in [9.17, 15) is 4.79 Å². The summed E-state index contributed by atoms with van der Waals surface area (Å²) in [6.07, 6.45) is 1.38. The van der Waals surface area contributed by atoms with Gasteiger partial charge in [0, 0.05) is 15.5 Å². The summed E-state index contributed by atoms with van der Waals surface area (Å²) in [5.74, 6) is 0. The highest BCUT2D eigenvalue weighted by molar-refractivity contribution is 9.10. The fourth-order valence-electron chi connectivity index (χ4n) is 2.17. The van der Waals surface area contributed by atoms with Crippen LogP contribution in [-0.4, -0.2) is 24.8 Å². The second-order valence-corrected chi connectivity index (χ2v) is 8.81. The number of hydrogen-bond donors (Lipinski definition) is 2. The summed E-state index contributed by atoms with van der Waals surface area (Å²) < 4.78 is 7.31. The zero-order chi connectivity index (χ0) is 20.3. The highest BCUT2D eigenvalue weighted by Gasteiger charge is 2.15. The Kier molecular flexibility index (Phi) is 10.7. The molecule has 0 fully saturated rings. The molecule has 0 saturated heterocycles. The third-order valence-electron chi connectivity index (χ3n) is 3.29. The Morgan fingerprint density at radius 1 is 1.00 bits per heavy atom. The molecule has 0 radical (unpaired) electrons. The summed E-state index contributed by atoms with van der Waals surface area (Å²) in [6.45, 7) is 6.84. The summed E-state index contributed by atoms with van der Waals surface area (Å²) in [7, 11) is 0. The molecule has 6 heteroatoms. The lowest BCUT2D eigenvalue weighted by atomic mass is 10.1. The van der Waals surface area contributed by atoms with E-state index in [1.807, 2.05) is 57.2 Å². The summed E-state index contributed by atoms with van der Waals surface area (Å²) in [6, 6.07) is 16.2. The van der Waals surface area contributed by atoms with Gasteiger partial charge in [-0.2, -0.15) is 0 Å². The maximum Gasteiger partial charge on any atom is 0.407 e. The minimum Gasteiger partial charge on any atom is -0.444 e. The third kappa shape index (κ3) is 11.8. The molecule has 2 aromatic carbocycles. The van der Waals surface area contributed by atoms with Crippen molar-refractivity contribution in [2.75, 3.05) is 13.1 Å². The zero-order valence-corrected chi connectivity index (χ0v) is 19.3. The smallest absolute Gasteiger partial charge is 0.407 e. The van der Waals surface area contributed by atoms with Crippen molar-refractivity contribution >= 4 is 38.0 Å². The standard InChI is InChI=1S/C13H18BrNO2.C8H10BrN/c1-13(2,3)17-12(16)15-8-7-10-5-4-6-11(14)9-10;9-8-3-1-2-7(6-8)4-5-10/h4-6,9H,7-8H2,1-3H3,(H,15,16);1-3,6H,4-5,10H2. The van der Waals surface area contributed by atoms with Crippen molar-refractivity contribution in [2.45, 2.75) is 39.2 Å². The number of carbonyl (C=O) groups excluding carboxylic acids is 1. The predicted molar refractivity (Wildman–Crippen MR) is 119 cm³/mol. The molecular formula is C21H28Br2N2O2.